The lowest BCUT2D eigenvalue weighted by atomic mass is 9.88. The minimum Gasteiger partial charge on any atom is -0.382 e. The molecule has 1 N–H and O–H groups in total. The molecule has 1 aliphatic carbocycles. The number of aromatic nitrogens is 3. The van der Waals surface area contributed by atoms with Crippen molar-refractivity contribution < 1.29 is 13.9 Å². The van der Waals surface area contributed by atoms with E-state index in [1.165, 1.54) is 40.6 Å². The number of hydrogen-bond donors (Lipinski definition) is 1. The zero-order valence-electron chi connectivity index (χ0n) is 19.6. The quantitative estimate of drug-likeness (QED) is 0.418. The Morgan fingerprint density at radius 2 is 1.88 bits per heavy atom. The molecule has 0 spiro atoms. The molecule has 0 bridgehead atoms. The van der Waals surface area contributed by atoms with Gasteiger partial charge in [0.25, 0.3) is 0 Å². The topological polar surface area (TPSA) is 50.9 Å². The van der Waals surface area contributed by atoms with E-state index < -0.39 is 17.2 Å². The minimum atomic E-state index is -1.56. The van der Waals surface area contributed by atoms with Crippen LogP contribution in [0.1, 0.15) is 49.3 Å². The highest BCUT2D eigenvalue weighted by Gasteiger charge is 2.41. The molecule has 0 aliphatic heterocycles. The molecule has 2 atom stereocenters. The zero-order chi connectivity index (χ0) is 24.1. The average molecular weight is 484 g/mol. The molecular formula is C27H31F2N3OS. The molecule has 0 amide bonds. The zero-order valence-corrected chi connectivity index (χ0v) is 20.4. The van der Waals surface area contributed by atoms with Crippen molar-refractivity contribution in [1.29, 1.82) is 0 Å². The van der Waals surface area contributed by atoms with Gasteiger partial charge in [-0.2, -0.15) is 16.9 Å². The highest BCUT2D eigenvalue weighted by molar-refractivity contribution is 8.00. The lowest BCUT2D eigenvalue weighted by Crippen LogP contribution is -2.42. The van der Waals surface area contributed by atoms with Crippen LogP contribution in [0.5, 0.6) is 0 Å². The number of benzene rings is 2. The second kappa shape index (κ2) is 10.8. The number of hydrogen-bond acceptors (Lipinski definition) is 4. The number of allylic oxidation sites excluding steroid dienone is 1. The summed E-state index contributed by atoms with van der Waals surface area (Å²) in [6.07, 6.45) is 11.6. The summed E-state index contributed by atoms with van der Waals surface area (Å²) in [4.78, 5) is 3.94. The highest BCUT2D eigenvalue weighted by atomic mass is 32.2. The lowest BCUT2D eigenvalue weighted by Gasteiger charge is -2.37. The maximum Gasteiger partial charge on any atom is 0.137 e. The van der Waals surface area contributed by atoms with E-state index in [1.54, 1.807) is 11.8 Å². The van der Waals surface area contributed by atoms with Crippen LogP contribution in [0.2, 0.25) is 0 Å². The summed E-state index contributed by atoms with van der Waals surface area (Å²) in [7, 11) is 0. The van der Waals surface area contributed by atoms with E-state index in [-0.39, 0.29) is 17.4 Å². The molecule has 34 heavy (non-hydrogen) atoms. The molecule has 7 heteroatoms. The molecule has 1 saturated carbocycles. The number of aliphatic hydroxyl groups is 1. The first kappa shape index (κ1) is 24.6. The van der Waals surface area contributed by atoms with Gasteiger partial charge < -0.3 is 5.11 Å². The molecule has 1 unspecified atom stereocenters. The first-order valence-corrected chi connectivity index (χ1v) is 12.7. The number of rotatable bonds is 8. The van der Waals surface area contributed by atoms with Gasteiger partial charge in [0.2, 0.25) is 0 Å². The van der Waals surface area contributed by atoms with Crippen LogP contribution in [-0.2, 0) is 12.1 Å². The van der Waals surface area contributed by atoms with Crippen LogP contribution in [0.25, 0.3) is 6.08 Å². The fourth-order valence-corrected chi connectivity index (χ4v) is 6.13. The summed E-state index contributed by atoms with van der Waals surface area (Å²) >= 11 is 1.68. The van der Waals surface area contributed by atoms with Crippen LogP contribution in [0.4, 0.5) is 8.78 Å². The Morgan fingerprint density at radius 1 is 1.15 bits per heavy atom. The first-order chi connectivity index (χ1) is 16.3. The van der Waals surface area contributed by atoms with Gasteiger partial charge in [-0.1, -0.05) is 55.0 Å². The van der Waals surface area contributed by atoms with Crippen molar-refractivity contribution in [3.05, 3.63) is 89.5 Å². The second-order valence-corrected chi connectivity index (χ2v) is 10.9. The molecule has 0 saturated heterocycles. The number of thioether (sulfide) groups is 1. The van der Waals surface area contributed by atoms with Gasteiger partial charge in [-0.25, -0.2) is 18.4 Å². The van der Waals surface area contributed by atoms with Crippen LogP contribution < -0.4 is 0 Å². The predicted octanol–water partition coefficient (Wildman–Crippen LogP) is 6.15. The van der Waals surface area contributed by atoms with Gasteiger partial charge in [-0.05, 0) is 50.2 Å². The Bertz CT molecular complexity index is 1100. The average Bonchev–Trinajstić information content (AvgIpc) is 3.32. The normalized spacial score (nSPS) is 21.4. The third kappa shape index (κ3) is 5.94. The molecule has 1 fully saturated rings. The van der Waals surface area contributed by atoms with E-state index in [0.717, 1.165) is 31.7 Å². The smallest absolute Gasteiger partial charge is 0.137 e. The Labute approximate surface area is 204 Å². The van der Waals surface area contributed by atoms with E-state index in [9.17, 15) is 13.9 Å². The Balaban J connectivity index is 1.41. The van der Waals surface area contributed by atoms with Crippen molar-refractivity contribution in [3.8, 4) is 0 Å². The molecule has 1 aliphatic rings. The number of aryl methyl sites for hydroxylation is 1. The maximum atomic E-state index is 14.7. The van der Waals surface area contributed by atoms with Crippen LogP contribution in [0.15, 0.2) is 61.2 Å². The van der Waals surface area contributed by atoms with Gasteiger partial charge in [0.05, 0.1) is 6.54 Å². The van der Waals surface area contributed by atoms with Crippen molar-refractivity contribution >= 4 is 17.8 Å². The molecule has 0 radical (unpaired) electrons. The Kier molecular flexibility index (Phi) is 7.84. The molecule has 4 rings (SSSR count). The molecule has 180 valence electrons. The fraction of sp³-hybridized carbons (Fsp3) is 0.407. The summed E-state index contributed by atoms with van der Waals surface area (Å²) in [5.41, 5.74) is 1.00. The summed E-state index contributed by atoms with van der Waals surface area (Å²) in [5.74, 6) is -0.876. The predicted molar refractivity (Wildman–Crippen MR) is 133 cm³/mol. The van der Waals surface area contributed by atoms with E-state index >= 15 is 0 Å². The highest BCUT2D eigenvalue weighted by Crippen LogP contribution is 2.42. The van der Waals surface area contributed by atoms with Crippen LogP contribution in [0.3, 0.4) is 0 Å². The standard InChI is InChI=1S/C27H31F2N3OS/c1-19-3-5-21(6-4-19)7-8-22-9-12-24(13-10-22)34-20(2)27(33,16-32-18-30-17-31-32)25-14-11-23(28)15-26(25)29/h3-8,11,14-15,17-18,20,22,24,33H,9-10,12-13,16H2,1-2H3/b8-7+/t20-,22?,24?,27?/m1/s1. The van der Waals surface area contributed by atoms with Gasteiger partial charge in [0.1, 0.15) is 29.9 Å². The van der Waals surface area contributed by atoms with Crippen molar-refractivity contribution in [2.75, 3.05) is 0 Å². The summed E-state index contributed by atoms with van der Waals surface area (Å²) in [6, 6.07) is 11.9. The van der Waals surface area contributed by atoms with E-state index in [2.05, 4.69) is 53.4 Å². The third-order valence-corrected chi connectivity index (χ3v) is 8.35. The van der Waals surface area contributed by atoms with Crippen LogP contribution in [-0.4, -0.2) is 30.4 Å². The van der Waals surface area contributed by atoms with Crippen LogP contribution >= 0.6 is 11.8 Å². The van der Waals surface area contributed by atoms with Gasteiger partial charge in [-0.3, -0.25) is 0 Å². The summed E-state index contributed by atoms with van der Waals surface area (Å²) in [5, 5.41) is 15.9. The Morgan fingerprint density at radius 3 is 2.53 bits per heavy atom. The maximum absolute atomic E-state index is 14.7. The van der Waals surface area contributed by atoms with Crippen molar-refractivity contribution in [2.45, 2.75) is 62.2 Å². The van der Waals surface area contributed by atoms with Crippen LogP contribution in [0, 0.1) is 24.5 Å². The van der Waals surface area contributed by atoms with Gasteiger partial charge in [0, 0.05) is 22.1 Å². The molecule has 1 heterocycles. The fourth-order valence-electron chi connectivity index (χ4n) is 4.58. The van der Waals surface area contributed by atoms with Gasteiger partial charge >= 0.3 is 0 Å². The molecule has 4 nitrogen and oxygen atoms in total. The molecular weight excluding hydrogens is 452 g/mol. The summed E-state index contributed by atoms with van der Waals surface area (Å²) in [6.45, 7) is 4.04. The molecule has 2 aromatic carbocycles. The van der Waals surface area contributed by atoms with Crippen molar-refractivity contribution in [3.63, 3.8) is 0 Å². The number of nitrogens with zero attached hydrogens (tertiary/aromatic N) is 3. The monoisotopic (exact) mass is 483 g/mol. The molecule has 3 aromatic rings. The Hall–Kier alpha value is -2.51. The SMILES string of the molecule is Cc1ccc(/C=C/C2CCC(S[C@H](C)C(O)(Cn3cncn3)c3ccc(F)cc3F)CC2)cc1. The second-order valence-electron chi connectivity index (χ2n) is 9.23. The van der Waals surface area contributed by atoms with Crippen molar-refractivity contribution in [1.82, 2.24) is 14.8 Å². The third-order valence-electron chi connectivity index (χ3n) is 6.69. The first-order valence-electron chi connectivity index (χ1n) is 11.7. The van der Waals surface area contributed by atoms with E-state index in [1.807, 2.05) is 6.92 Å². The van der Waals surface area contributed by atoms with E-state index in [0.29, 0.717) is 11.2 Å². The molecule has 1 aromatic heterocycles. The number of halogens is 2. The summed E-state index contributed by atoms with van der Waals surface area (Å²) < 4.78 is 29.8. The minimum absolute atomic E-state index is 0.0400. The van der Waals surface area contributed by atoms with Gasteiger partial charge in [-0.15, -0.1) is 0 Å². The van der Waals surface area contributed by atoms with Crippen molar-refractivity contribution in [2.24, 2.45) is 5.92 Å². The largest absolute Gasteiger partial charge is 0.382 e. The van der Waals surface area contributed by atoms with E-state index in [4.69, 9.17) is 0 Å². The lowest BCUT2D eigenvalue weighted by molar-refractivity contribution is 0.0131. The van der Waals surface area contributed by atoms with Gasteiger partial charge in [0.15, 0.2) is 0 Å².